The quantitative estimate of drug-likeness (QED) is 0.108. The summed E-state index contributed by atoms with van der Waals surface area (Å²) in [4.78, 5) is 49.7. The summed E-state index contributed by atoms with van der Waals surface area (Å²) in [5.41, 5.74) is 0.839. The molecular formula is C53H84N4O10Si5. The van der Waals surface area contributed by atoms with Crippen LogP contribution in [0.5, 0.6) is 0 Å². The fraction of sp³-hybridized carbons (Fsp3) is 0.604. The van der Waals surface area contributed by atoms with Gasteiger partial charge in [-0.25, -0.2) is 15.4 Å². The van der Waals surface area contributed by atoms with E-state index in [4.69, 9.17) is 32.6 Å². The van der Waals surface area contributed by atoms with Crippen molar-refractivity contribution in [3.05, 3.63) is 96.1 Å². The molecule has 396 valence electrons. The standard InChI is InChI=1S/C28H46N2O5Si3.C21H29NO5Si.C4H9NSi/c1-26(2,3)38(10,11)34-25-24(33-36(4,5)6)27(17-18-28(25,21-29)35-37(7,8)9)19-23(31)30(27)32-20-22-15-13-12-14-16-22;1-20(2,3)28(4,5)27-18-16(23)11-12-21(19(18)25)13-17(24)22(21)26-14-15-9-7-6-8-10-15;1-6(2,3)4-5/h12-18,24-25H,19-20H2,1-11H3;6-12,18-19,25H,13-14H2,1-5H3;1-3H3/t24-,25+,27+,28-;18-,19-,21+;/m11./s1. The summed E-state index contributed by atoms with van der Waals surface area (Å²) in [7, 11) is -10.4. The molecule has 1 N–H and O–H groups in total. The third-order valence-electron chi connectivity index (χ3n) is 13.8. The van der Waals surface area contributed by atoms with Gasteiger partial charge in [0.05, 0.1) is 12.8 Å². The van der Waals surface area contributed by atoms with Crippen LogP contribution in [0.2, 0.25) is 95.2 Å². The maximum Gasteiger partial charge on any atom is 0.249 e. The first kappa shape index (κ1) is 60.9. The van der Waals surface area contributed by atoms with Crippen LogP contribution in [0.4, 0.5) is 0 Å². The van der Waals surface area contributed by atoms with Crippen molar-refractivity contribution in [2.45, 2.75) is 204 Å². The highest BCUT2D eigenvalue weighted by atomic mass is 28.4. The molecule has 4 aliphatic rings. The van der Waals surface area contributed by atoms with Crippen LogP contribution < -0.4 is 0 Å². The van der Waals surface area contributed by atoms with E-state index in [2.05, 4.69) is 106 Å². The van der Waals surface area contributed by atoms with Crippen LogP contribution in [0.15, 0.2) is 85.0 Å². The fourth-order valence-electron chi connectivity index (χ4n) is 7.87. The van der Waals surface area contributed by atoms with Crippen molar-refractivity contribution >= 4 is 58.9 Å². The van der Waals surface area contributed by atoms with Crippen molar-refractivity contribution in [3.8, 4) is 11.8 Å². The topological polar surface area (TPSA) is 181 Å². The van der Waals surface area contributed by atoms with Crippen molar-refractivity contribution < 1.29 is 46.9 Å². The van der Waals surface area contributed by atoms with Gasteiger partial charge in [0.15, 0.2) is 52.7 Å². The van der Waals surface area contributed by atoms with Crippen LogP contribution in [0.25, 0.3) is 0 Å². The van der Waals surface area contributed by atoms with Gasteiger partial charge in [0, 0.05) is 5.69 Å². The Hall–Kier alpha value is -3.69. The average Bonchev–Trinajstić information content (AvgIpc) is 3.24. The van der Waals surface area contributed by atoms with Gasteiger partial charge >= 0.3 is 0 Å². The molecule has 0 bridgehead atoms. The van der Waals surface area contributed by atoms with E-state index in [1.165, 1.54) is 16.2 Å². The maximum atomic E-state index is 13.0. The third-order valence-corrected chi connectivity index (χ3v) is 25.3. The molecule has 72 heavy (non-hydrogen) atoms. The van der Waals surface area contributed by atoms with E-state index in [0.717, 1.165) is 11.1 Å². The van der Waals surface area contributed by atoms with E-state index in [1.807, 2.05) is 106 Å². The summed E-state index contributed by atoms with van der Waals surface area (Å²) in [5.74, 6) is -0.609. The minimum absolute atomic E-state index is 0.0874. The lowest BCUT2D eigenvalue weighted by atomic mass is 9.70. The second-order valence-corrected chi connectivity index (χ2v) is 48.6. The predicted octanol–water partition coefficient (Wildman–Crippen LogP) is 10.8. The lowest BCUT2D eigenvalue weighted by Gasteiger charge is -2.60. The zero-order chi connectivity index (χ0) is 54.7. The van der Waals surface area contributed by atoms with Crippen molar-refractivity contribution in [2.75, 3.05) is 0 Å². The normalized spacial score (nSPS) is 26.7. The molecule has 6 rings (SSSR count). The van der Waals surface area contributed by atoms with Gasteiger partial charge in [-0.1, -0.05) is 128 Å². The molecule has 2 fully saturated rings. The van der Waals surface area contributed by atoms with Crippen LogP contribution in [-0.2, 0) is 55.0 Å². The Morgan fingerprint density at radius 1 is 0.611 bits per heavy atom. The Kier molecular flexibility index (Phi) is 18.8. The Labute approximate surface area is 436 Å². The first-order valence-corrected chi connectivity index (χ1v) is 41.1. The molecule has 2 aromatic carbocycles. The SMILES string of the molecule is CC(C)(C)[Si](C)(C)O[C@@H]1C(=O)C=C[C@]2(CC(=O)N2OCc2ccccc2)[C@@H]1O.CC(C)(C)[Si](C)(C)O[C@H]1[C@@H](O[Si](C)(C)C)[C@]2(C=C[C@]1(C#N)O[Si](C)(C)C)CC(=O)N2OCc1ccccc1.C[Si](C)(C)C#N. The molecule has 2 aromatic rings. The molecule has 2 aliphatic heterocycles. The molecule has 2 amide bonds. The largest absolute Gasteiger partial charge is 0.409 e. The molecule has 0 radical (unpaired) electrons. The van der Waals surface area contributed by atoms with Gasteiger partial charge in [-0.05, 0) is 105 Å². The first-order chi connectivity index (χ1) is 32.8. The van der Waals surface area contributed by atoms with E-state index in [9.17, 15) is 24.8 Å². The fourth-order valence-corrected chi connectivity index (χ4v) is 12.7. The summed E-state index contributed by atoms with van der Waals surface area (Å²) >= 11 is 0. The number of carbonyl (C=O) groups is 3. The van der Waals surface area contributed by atoms with E-state index < -0.39 is 82.4 Å². The third kappa shape index (κ3) is 14.4. The van der Waals surface area contributed by atoms with E-state index in [-0.39, 0.29) is 53.7 Å². The Balaban J connectivity index is 0.000000290. The number of benzene rings is 2. The number of nitriles is 2. The van der Waals surface area contributed by atoms with Crippen molar-refractivity contribution in [2.24, 2.45) is 0 Å². The van der Waals surface area contributed by atoms with Crippen molar-refractivity contribution in [3.63, 3.8) is 0 Å². The number of hydroxylamine groups is 4. The van der Waals surface area contributed by atoms with Crippen LogP contribution in [0.1, 0.15) is 65.5 Å². The first-order valence-electron chi connectivity index (χ1n) is 25.0. The number of aliphatic hydroxyl groups excluding tert-OH is 1. The Morgan fingerprint density at radius 2 is 1.04 bits per heavy atom. The van der Waals surface area contributed by atoms with Crippen LogP contribution in [0.3, 0.4) is 0 Å². The molecule has 0 saturated carbocycles. The highest BCUT2D eigenvalue weighted by Crippen LogP contribution is 2.51. The summed E-state index contributed by atoms with van der Waals surface area (Å²) in [6, 6.07) is 21.8. The summed E-state index contributed by atoms with van der Waals surface area (Å²) in [6.45, 7) is 40.3. The molecule has 0 aromatic heterocycles. The van der Waals surface area contributed by atoms with Gasteiger partial charge in [0.25, 0.3) is 0 Å². The molecule has 0 unspecified atom stereocenters. The summed E-state index contributed by atoms with van der Waals surface area (Å²) in [5, 5.41) is 32.4. The molecule has 2 aliphatic carbocycles. The summed E-state index contributed by atoms with van der Waals surface area (Å²) < 4.78 is 26.9. The number of carbonyl (C=O) groups excluding carboxylic acids is 3. The molecule has 14 nitrogen and oxygen atoms in total. The van der Waals surface area contributed by atoms with E-state index >= 15 is 0 Å². The Morgan fingerprint density at radius 3 is 1.43 bits per heavy atom. The van der Waals surface area contributed by atoms with Crippen LogP contribution in [0, 0.1) is 22.3 Å². The second-order valence-electron chi connectivity index (χ2n) is 25.5. The van der Waals surface area contributed by atoms with Gasteiger partial charge in [0.2, 0.25) is 11.8 Å². The number of ketones is 1. The van der Waals surface area contributed by atoms with E-state index in [0.29, 0.717) is 0 Å². The number of hydrogen-bond donors (Lipinski definition) is 1. The summed E-state index contributed by atoms with van der Waals surface area (Å²) in [6.07, 6.45) is 3.51. The molecule has 2 heterocycles. The zero-order valence-corrected chi connectivity index (χ0v) is 51.6. The number of β-lactam (4-membered cyclic amide) rings is 2. The molecular weight excluding hydrogens is 993 g/mol. The minimum Gasteiger partial charge on any atom is -0.409 e. The predicted molar refractivity (Wildman–Crippen MR) is 294 cm³/mol. The van der Waals surface area contributed by atoms with Crippen LogP contribution in [-0.4, -0.2) is 115 Å². The molecule has 19 heteroatoms. The van der Waals surface area contributed by atoms with E-state index in [1.54, 1.807) is 6.08 Å². The lowest BCUT2D eigenvalue weighted by molar-refractivity contribution is -0.278. The Bertz CT molecular complexity index is 2380. The highest BCUT2D eigenvalue weighted by Gasteiger charge is 2.67. The smallest absolute Gasteiger partial charge is 0.249 e. The van der Waals surface area contributed by atoms with Gasteiger partial charge in [-0.2, -0.15) is 5.26 Å². The molecule has 2 saturated heterocycles. The molecule has 7 atom stereocenters. The molecule has 2 spiro atoms. The zero-order valence-electron chi connectivity index (χ0n) is 46.6. The number of rotatable bonds is 14. The minimum atomic E-state index is -2.41. The second kappa shape index (κ2) is 22.3. The highest BCUT2D eigenvalue weighted by molar-refractivity contribution is 6.83. The van der Waals surface area contributed by atoms with Gasteiger partial charge in [-0.15, -0.1) is 0 Å². The monoisotopic (exact) mass is 1080 g/mol. The maximum absolute atomic E-state index is 13.0. The number of aliphatic hydroxyl groups is 1. The number of amides is 2. The van der Waals surface area contributed by atoms with Gasteiger partial charge in [0.1, 0.15) is 54.8 Å². The van der Waals surface area contributed by atoms with Crippen LogP contribution >= 0.6 is 0 Å². The van der Waals surface area contributed by atoms with Gasteiger partial charge < -0.3 is 22.8 Å². The lowest BCUT2D eigenvalue weighted by Crippen LogP contribution is -2.77. The van der Waals surface area contributed by atoms with Gasteiger partial charge in [-0.3, -0.25) is 24.1 Å². The average molecular weight is 1080 g/mol. The van der Waals surface area contributed by atoms with Crippen molar-refractivity contribution in [1.82, 2.24) is 10.1 Å². The number of hydrogen-bond acceptors (Lipinski definition) is 12. The number of nitrogens with zero attached hydrogens (tertiary/aromatic N) is 4. The van der Waals surface area contributed by atoms with Crippen molar-refractivity contribution in [1.29, 1.82) is 10.5 Å².